The number of nitrogens with zero attached hydrogens (tertiary/aromatic N) is 2. The minimum absolute atomic E-state index is 0.156. The Bertz CT molecular complexity index is 1020. The first-order valence-electron chi connectivity index (χ1n) is 9.55. The van der Waals surface area contributed by atoms with Crippen molar-refractivity contribution >= 4 is 22.6 Å². The highest BCUT2D eigenvalue weighted by atomic mass is 16.5. The summed E-state index contributed by atoms with van der Waals surface area (Å²) < 4.78 is 7.88. The number of benzene rings is 2. The number of carbonyl (C=O) groups is 1. The van der Waals surface area contributed by atoms with Crippen molar-refractivity contribution in [1.29, 1.82) is 0 Å². The monoisotopic (exact) mass is 361 g/mol. The maximum atomic E-state index is 12.8. The van der Waals surface area contributed by atoms with Crippen LogP contribution in [0.2, 0.25) is 0 Å². The summed E-state index contributed by atoms with van der Waals surface area (Å²) in [6.45, 7) is 3.93. The van der Waals surface area contributed by atoms with Crippen molar-refractivity contribution < 1.29 is 9.53 Å². The summed E-state index contributed by atoms with van der Waals surface area (Å²) in [6, 6.07) is 14.5. The molecule has 0 spiro atoms. The van der Waals surface area contributed by atoms with Gasteiger partial charge in [0.15, 0.2) is 0 Å². The highest BCUT2D eigenvalue weighted by Crippen LogP contribution is 2.38. The van der Waals surface area contributed by atoms with E-state index in [1.54, 1.807) is 0 Å². The first kappa shape index (κ1) is 16.4. The maximum Gasteiger partial charge on any atom is 0.319 e. The quantitative estimate of drug-likeness (QED) is 0.563. The second kappa shape index (κ2) is 6.43. The van der Waals surface area contributed by atoms with Crippen molar-refractivity contribution in [3.05, 3.63) is 59.8 Å². The number of nitrogens with one attached hydrogen (secondary N) is 1. The van der Waals surface area contributed by atoms with Crippen LogP contribution in [0.15, 0.2) is 48.7 Å². The van der Waals surface area contributed by atoms with Crippen LogP contribution in [0.4, 0.5) is 5.69 Å². The Labute approximate surface area is 158 Å². The van der Waals surface area contributed by atoms with Crippen molar-refractivity contribution in [2.45, 2.75) is 12.3 Å². The molecule has 0 saturated carbocycles. The molecule has 1 aromatic heterocycles. The zero-order valence-corrected chi connectivity index (χ0v) is 15.4. The van der Waals surface area contributed by atoms with Gasteiger partial charge in [0.25, 0.3) is 0 Å². The Morgan fingerprint density at radius 3 is 2.78 bits per heavy atom. The molecule has 3 aromatic rings. The maximum absolute atomic E-state index is 12.8. The van der Waals surface area contributed by atoms with Gasteiger partial charge in [-0.05, 0) is 29.7 Å². The molecular formula is C22H23N3O2. The minimum Gasteiger partial charge on any atom is -0.426 e. The van der Waals surface area contributed by atoms with Gasteiger partial charge >= 0.3 is 5.97 Å². The van der Waals surface area contributed by atoms with E-state index >= 15 is 0 Å². The SMILES string of the molecule is Cn1cc(C2Cc3ccc(N4CCNCC4)cc3OC2=O)c2ccccc21. The van der Waals surface area contributed by atoms with Crippen molar-refractivity contribution in [3.8, 4) is 5.75 Å². The number of hydrogen-bond acceptors (Lipinski definition) is 4. The van der Waals surface area contributed by atoms with Crippen molar-refractivity contribution in [2.24, 2.45) is 7.05 Å². The van der Waals surface area contributed by atoms with Crippen molar-refractivity contribution in [1.82, 2.24) is 9.88 Å². The Hall–Kier alpha value is -2.79. The zero-order chi connectivity index (χ0) is 18.4. The number of aromatic nitrogens is 1. The molecule has 27 heavy (non-hydrogen) atoms. The van der Waals surface area contributed by atoms with Crippen molar-refractivity contribution in [3.63, 3.8) is 0 Å². The summed E-state index contributed by atoms with van der Waals surface area (Å²) >= 11 is 0. The number of rotatable bonds is 2. The third kappa shape index (κ3) is 2.79. The summed E-state index contributed by atoms with van der Waals surface area (Å²) in [5.74, 6) is 0.303. The number of anilines is 1. The standard InChI is InChI=1S/C22H23N3O2/c1-24-14-19(17-4-2-3-5-20(17)24)18-12-15-6-7-16(13-21(15)27-22(18)26)25-10-8-23-9-11-25/h2-7,13-14,18,23H,8-12H2,1H3. The number of ether oxygens (including phenoxy) is 1. The molecule has 5 heteroatoms. The minimum atomic E-state index is -0.256. The lowest BCUT2D eigenvalue weighted by Gasteiger charge is -2.31. The third-order valence-corrected chi connectivity index (χ3v) is 5.76. The predicted octanol–water partition coefficient (Wildman–Crippen LogP) is 2.83. The highest BCUT2D eigenvalue weighted by molar-refractivity contribution is 5.92. The summed E-state index contributed by atoms with van der Waals surface area (Å²) in [4.78, 5) is 15.2. The van der Waals surface area contributed by atoms with Gasteiger partial charge in [-0.1, -0.05) is 24.3 Å². The molecule has 1 saturated heterocycles. The summed E-state index contributed by atoms with van der Waals surface area (Å²) in [5, 5.41) is 4.49. The van der Waals surface area contributed by atoms with Crippen LogP contribution in [0.1, 0.15) is 17.0 Å². The molecule has 1 N–H and O–H groups in total. The van der Waals surface area contributed by atoms with Gasteiger partial charge in [0.2, 0.25) is 0 Å². The fourth-order valence-corrected chi connectivity index (χ4v) is 4.30. The number of esters is 1. The van der Waals surface area contributed by atoms with Crippen LogP contribution in [0, 0.1) is 0 Å². The van der Waals surface area contributed by atoms with Gasteiger partial charge in [-0.15, -0.1) is 0 Å². The van der Waals surface area contributed by atoms with Crippen LogP contribution in [-0.4, -0.2) is 36.7 Å². The number of aryl methyl sites for hydroxylation is 1. The first-order chi connectivity index (χ1) is 13.2. The lowest BCUT2D eigenvalue weighted by atomic mass is 9.89. The molecule has 1 fully saturated rings. The van der Waals surface area contributed by atoms with Gasteiger partial charge in [0.1, 0.15) is 5.75 Å². The Morgan fingerprint density at radius 2 is 1.93 bits per heavy atom. The Balaban J connectivity index is 1.48. The normalized spacial score (nSPS) is 19.8. The molecule has 5 nitrogen and oxygen atoms in total. The fourth-order valence-electron chi connectivity index (χ4n) is 4.30. The number of carbonyl (C=O) groups excluding carboxylic acids is 1. The second-order valence-corrected chi connectivity index (χ2v) is 7.42. The van der Waals surface area contributed by atoms with Crippen LogP contribution in [0.5, 0.6) is 5.75 Å². The Morgan fingerprint density at radius 1 is 1.11 bits per heavy atom. The highest BCUT2D eigenvalue weighted by Gasteiger charge is 2.32. The second-order valence-electron chi connectivity index (χ2n) is 7.42. The van der Waals surface area contributed by atoms with E-state index < -0.39 is 0 Å². The fraction of sp³-hybridized carbons (Fsp3) is 0.318. The van der Waals surface area contributed by atoms with E-state index in [0.29, 0.717) is 12.2 Å². The van der Waals surface area contributed by atoms with Crippen LogP contribution in [0.25, 0.3) is 10.9 Å². The molecule has 138 valence electrons. The third-order valence-electron chi connectivity index (χ3n) is 5.76. The van der Waals surface area contributed by atoms with E-state index in [1.807, 2.05) is 25.2 Å². The molecule has 1 unspecified atom stereocenters. The van der Waals surface area contributed by atoms with E-state index in [0.717, 1.165) is 53.9 Å². The zero-order valence-electron chi connectivity index (χ0n) is 15.4. The Kier molecular flexibility index (Phi) is 3.90. The molecule has 3 heterocycles. The summed E-state index contributed by atoms with van der Waals surface area (Å²) in [7, 11) is 2.02. The van der Waals surface area contributed by atoms with Gasteiger partial charge in [-0.25, -0.2) is 0 Å². The van der Waals surface area contributed by atoms with E-state index in [4.69, 9.17) is 4.74 Å². The lowest BCUT2D eigenvalue weighted by Crippen LogP contribution is -2.43. The molecule has 5 rings (SSSR count). The number of fused-ring (bicyclic) bond motifs is 2. The number of piperazine rings is 1. The molecule has 0 bridgehead atoms. The van der Waals surface area contributed by atoms with Gasteiger partial charge in [0.05, 0.1) is 5.92 Å². The van der Waals surface area contributed by atoms with Gasteiger partial charge in [0, 0.05) is 62.1 Å². The predicted molar refractivity (Wildman–Crippen MR) is 107 cm³/mol. The van der Waals surface area contributed by atoms with E-state index in [-0.39, 0.29) is 11.9 Å². The summed E-state index contributed by atoms with van der Waals surface area (Å²) in [5.41, 5.74) is 4.42. The molecule has 0 radical (unpaired) electrons. The van der Waals surface area contributed by atoms with Crippen LogP contribution in [-0.2, 0) is 18.3 Å². The largest absolute Gasteiger partial charge is 0.426 e. The average molecular weight is 361 g/mol. The molecular weight excluding hydrogens is 338 g/mol. The molecule has 0 aliphatic carbocycles. The van der Waals surface area contributed by atoms with Gasteiger partial charge < -0.3 is 19.5 Å². The van der Waals surface area contributed by atoms with E-state index in [1.165, 1.54) is 0 Å². The van der Waals surface area contributed by atoms with E-state index in [9.17, 15) is 4.79 Å². The lowest BCUT2D eigenvalue weighted by molar-refractivity contribution is -0.137. The molecule has 0 amide bonds. The first-order valence-corrected chi connectivity index (χ1v) is 9.55. The van der Waals surface area contributed by atoms with Gasteiger partial charge in [-0.2, -0.15) is 0 Å². The molecule has 2 aromatic carbocycles. The smallest absolute Gasteiger partial charge is 0.319 e. The topological polar surface area (TPSA) is 46.5 Å². The summed E-state index contributed by atoms with van der Waals surface area (Å²) in [6.07, 6.45) is 2.75. The molecule has 1 atom stereocenters. The van der Waals surface area contributed by atoms with Crippen LogP contribution in [0.3, 0.4) is 0 Å². The van der Waals surface area contributed by atoms with Crippen molar-refractivity contribution in [2.75, 3.05) is 31.1 Å². The van der Waals surface area contributed by atoms with Gasteiger partial charge in [-0.3, -0.25) is 4.79 Å². The number of para-hydroxylation sites is 1. The van der Waals surface area contributed by atoms with Crippen LogP contribution < -0.4 is 15.0 Å². The number of hydrogen-bond donors (Lipinski definition) is 1. The molecule has 2 aliphatic heterocycles. The van der Waals surface area contributed by atoms with E-state index in [2.05, 4.69) is 45.2 Å². The molecule has 2 aliphatic rings. The average Bonchev–Trinajstić information content (AvgIpc) is 3.04. The van der Waals surface area contributed by atoms with Crippen LogP contribution >= 0.6 is 0 Å².